The summed E-state index contributed by atoms with van der Waals surface area (Å²) >= 11 is 0. The summed E-state index contributed by atoms with van der Waals surface area (Å²) in [6.07, 6.45) is -6.62. The SMILES string of the molecule is O=C(O)CC(=O)O[C@@H]1CC(OCc2ccccc2)(C(=O)OCc2ccccc2)C[C@@H](OC(=O)CC(=O)O)C1OCc1ccccc1. The van der Waals surface area contributed by atoms with E-state index in [0.29, 0.717) is 16.7 Å². The van der Waals surface area contributed by atoms with Crippen molar-refractivity contribution in [2.75, 3.05) is 0 Å². The van der Waals surface area contributed by atoms with Crippen molar-refractivity contribution in [2.45, 2.75) is 69.4 Å². The molecule has 4 rings (SSSR count). The van der Waals surface area contributed by atoms with Crippen LogP contribution in [-0.4, -0.2) is 64.0 Å². The van der Waals surface area contributed by atoms with Gasteiger partial charge in [0.25, 0.3) is 0 Å². The van der Waals surface area contributed by atoms with Gasteiger partial charge < -0.3 is 33.9 Å². The molecule has 3 aromatic carbocycles. The number of carboxylic acids is 2. The Labute approximate surface area is 264 Å². The van der Waals surface area contributed by atoms with E-state index in [0.717, 1.165) is 0 Å². The van der Waals surface area contributed by atoms with Crippen LogP contribution in [0.5, 0.6) is 0 Å². The fourth-order valence-electron chi connectivity index (χ4n) is 5.07. The largest absolute Gasteiger partial charge is 0.481 e. The average molecular weight is 635 g/mol. The molecule has 0 heterocycles. The minimum atomic E-state index is -1.89. The summed E-state index contributed by atoms with van der Waals surface area (Å²) in [6.45, 7) is -0.263. The van der Waals surface area contributed by atoms with Gasteiger partial charge >= 0.3 is 29.8 Å². The molecule has 46 heavy (non-hydrogen) atoms. The Morgan fingerprint density at radius 2 is 1.02 bits per heavy atom. The zero-order valence-corrected chi connectivity index (χ0v) is 24.8. The van der Waals surface area contributed by atoms with Crippen molar-refractivity contribution in [1.82, 2.24) is 0 Å². The summed E-state index contributed by atoms with van der Waals surface area (Å²) in [5.41, 5.74) is 0.203. The minimum absolute atomic E-state index is 0.0399. The van der Waals surface area contributed by atoms with Crippen molar-refractivity contribution >= 4 is 29.8 Å². The van der Waals surface area contributed by atoms with Gasteiger partial charge in [-0.15, -0.1) is 0 Å². The van der Waals surface area contributed by atoms with Gasteiger partial charge in [0.15, 0.2) is 5.60 Å². The lowest BCUT2D eigenvalue weighted by atomic mass is 9.78. The topological polar surface area (TPSA) is 172 Å². The quantitative estimate of drug-likeness (QED) is 0.141. The van der Waals surface area contributed by atoms with Gasteiger partial charge in [0.1, 0.15) is 37.8 Å². The van der Waals surface area contributed by atoms with E-state index < -0.39 is 66.6 Å². The number of aliphatic carboxylic acids is 2. The summed E-state index contributed by atoms with van der Waals surface area (Å²) in [5, 5.41) is 18.4. The Bertz CT molecular complexity index is 1440. The van der Waals surface area contributed by atoms with Gasteiger partial charge in [0.2, 0.25) is 0 Å². The Kier molecular flexibility index (Phi) is 12.0. The Morgan fingerprint density at radius 1 is 0.609 bits per heavy atom. The number of rotatable bonds is 15. The van der Waals surface area contributed by atoms with E-state index in [4.69, 9.17) is 23.7 Å². The maximum Gasteiger partial charge on any atom is 0.339 e. The first-order valence-corrected chi connectivity index (χ1v) is 14.5. The molecule has 12 nitrogen and oxygen atoms in total. The number of carboxylic acid groups (broad SMARTS) is 2. The molecule has 0 saturated heterocycles. The first kappa shape index (κ1) is 33.8. The monoisotopic (exact) mass is 634 g/mol. The molecule has 3 aromatic rings. The number of carbonyl (C=O) groups is 5. The van der Waals surface area contributed by atoms with Gasteiger partial charge in [-0.05, 0) is 16.7 Å². The lowest BCUT2D eigenvalue weighted by Crippen LogP contribution is -2.60. The second-order valence-corrected chi connectivity index (χ2v) is 10.7. The molecular weight excluding hydrogens is 600 g/mol. The zero-order valence-electron chi connectivity index (χ0n) is 24.8. The highest BCUT2D eigenvalue weighted by atomic mass is 16.6. The third-order valence-electron chi connectivity index (χ3n) is 7.18. The molecule has 242 valence electrons. The van der Waals surface area contributed by atoms with E-state index in [1.54, 1.807) is 91.0 Å². The molecule has 12 heteroatoms. The lowest BCUT2D eigenvalue weighted by Gasteiger charge is -2.45. The van der Waals surface area contributed by atoms with Gasteiger partial charge in [-0.25, -0.2) is 4.79 Å². The summed E-state index contributed by atoms with van der Waals surface area (Å²) < 4.78 is 29.2. The number of benzene rings is 3. The maximum atomic E-state index is 14.0. The van der Waals surface area contributed by atoms with Crippen molar-refractivity contribution in [2.24, 2.45) is 0 Å². The molecule has 1 aliphatic rings. The van der Waals surface area contributed by atoms with E-state index in [1.807, 2.05) is 0 Å². The van der Waals surface area contributed by atoms with Crippen LogP contribution in [0.1, 0.15) is 42.4 Å². The summed E-state index contributed by atoms with van der Waals surface area (Å²) in [5.74, 6) is -6.00. The molecule has 0 bridgehead atoms. The fourth-order valence-corrected chi connectivity index (χ4v) is 5.07. The van der Waals surface area contributed by atoms with E-state index >= 15 is 0 Å². The van der Waals surface area contributed by atoms with Crippen molar-refractivity contribution in [1.29, 1.82) is 0 Å². The molecule has 0 aliphatic heterocycles. The van der Waals surface area contributed by atoms with Crippen LogP contribution in [0.25, 0.3) is 0 Å². The van der Waals surface area contributed by atoms with E-state index in [9.17, 15) is 34.2 Å². The molecule has 1 aliphatic carbocycles. The van der Waals surface area contributed by atoms with Crippen LogP contribution >= 0.6 is 0 Å². The standard InChI is InChI=1S/C34H34O12/c35-28(36)16-30(39)45-26-18-34(44-22-25-14-8-3-9-15-25,33(41)43-21-24-12-6-2-7-13-24)19-27(46-31(40)17-29(37)38)32(26)42-20-23-10-4-1-5-11-23/h1-15,26-27,32H,16-22H2,(H,35,36)(H,37,38)/t26-,27-,32?,34?/m1/s1. The van der Waals surface area contributed by atoms with E-state index in [1.165, 1.54) is 0 Å². The van der Waals surface area contributed by atoms with Crippen LogP contribution in [0.15, 0.2) is 91.0 Å². The summed E-state index contributed by atoms with van der Waals surface area (Å²) in [6, 6.07) is 26.7. The number of hydrogen-bond donors (Lipinski definition) is 2. The molecule has 1 saturated carbocycles. The number of carbonyl (C=O) groups excluding carboxylic acids is 3. The van der Waals surface area contributed by atoms with Crippen molar-refractivity contribution < 1.29 is 57.9 Å². The highest BCUT2D eigenvalue weighted by Gasteiger charge is 2.56. The Hall–Kier alpha value is -5.07. The third-order valence-corrected chi connectivity index (χ3v) is 7.18. The molecule has 2 atom stereocenters. The smallest absolute Gasteiger partial charge is 0.339 e. The average Bonchev–Trinajstić information content (AvgIpc) is 3.03. The highest BCUT2D eigenvalue weighted by Crippen LogP contribution is 2.39. The van der Waals surface area contributed by atoms with Crippen molar-refractivity contribution in [3.05, 3.63) is 108 Å². The van der Waals surface area contributed by atoms with Gasteiger partial charge in [-0.1, -0.05) is 91.0 Å². The summed E-state index contributed by atoms with van der Waals surface area (Å²) in [4.78, 5) is 62.0. The van der Waals surface area contributed by atoms with Crippen LogP contribution < -0.4 is 0 Å². The van der Waals surface area contributed by atoms with Gasteiger partial charge in [0, 0.05) is 12.8 Å². The lowest BCUT2D eigenvalue weighted by molar-refractivity contribution is -0.229. The second kappa shape index (κ2) is 16.3. The molecular formula is C34H34O12. The molecule has 0 spiro atoms. The maximum absolute atomic E-state index is 14.0. The molecule has 0 unspecified atom stereocenters. The van der Waals surface area contributed by atoms with Crippen molar-refractivity contribution in [3.8, 4) is 0 Å². The predicted molar refractivity (Wildman–Crippen MR) is 159 cm³/mol. The molecule has 2 N–H and O–H groups in total. The number of hydrogen-bond acceptors (Lipinski definition) is 10. The Balaban J connectivity index is 1.71. The van der Waals surface area contributed by atoms with Gasteiger partial charge in [-0.3, -0.25) is 19.2 Å². The number of ether oxygens (including phenoxy) is 5. The molecule has 0 aromatic heterocycles. The van der Waals surface area contributed by atoms with Crippen LogP contribution in [0, 0.1) is 0 Å². The van der Waals surface area contributed by atoms with Crippen LogP contribution in [0.3, 0.4) is 0 Å². The molecule has 0 amide bonds. The molecule has 1 fully saturated rings. The third kappa shape index (κ3) is 9.98. The van der Waals surface area contributed by atoms with E-state index in [2.05, 4.69) is 0 Å². The van der Waals surface area contributed by atoms with Gasteiger partial charge in [0.05, 0.1) is 13.2 Å². The highest BCUT2D eigenvalue weighted by molar-refractivity contribution is 5.91. The number of esters is 3. The first-order valence-electron chi connectivity index (χ1n) is 14.5. The second-order valence-electron chi connectivity index (χ2n) is 10.7. The van der Waals surface area contributed by atoms with Gasteiger partial charge in [-0.2, -0.15) is 0 Å². The van der Waals surface area contributed by atoms with Crippen LogP contribution in [0.4, 0.5) is 0 Å². The normalized spacial score (nSPS) is 20.7. The zero-order chi connectivity index (χ0) is 32.9. The van der Waals surface area contributed by atoms with Crippen molar-refractivity contribution in [3.63, 3.8) is 0 Å². The van der Waals surface area contributed by atoms with Crippen LogP contribution in [0.2, 0.25) is 0 Å². The predicted octanol–water partition coefficient (Wildman–Crippen LogP) is 3.84. The minimum Gasteiger partial charge on any atom is -0.481 e. The fraction of sp³-hybridized carbons (Fsp3) is 0.324. The van der Waals surface area contributed by atoms with E-state index in [-0.39, 0.29) is 32.7 Å². The first-order chi connectivity index (χ1) is 22.1. The Morgan fingerprint density at radius 3 is 1.46 bits per heavy atom. The molecule has 0 radical (unpaired) electrons. The van der Waals surface area contributed by atoms with Crippen LogP contribution in [-0.2, 0) is 67.5 Å². The summed E-state index contributed by atoms with van der Waals surface area (Å²) in [7, 11) is 0.